The molecule has 22 heavy (non-hydrogen) atoms. The molecule has 0 radical (unpaired) electrons. The maximum Gasteiger partial charge on any atom is 0.416 e. The van der Waals surface area contributed by atoms with Gasteiger partial charge in [-0.1, -0.05) is 6.07 Å². The van der Waals surface area contributed by atoms with Crippen molar-refractivity contribution in [2.45, 2.75) is 12.2 Å². The minimum Gasteiger partial charge on any atom is -0.324 e. The Kier molecular flexibility index (Phi) is 4.51. The molecule has 2 N–H and O–H groups in total. The van der Waals surface area contributed by atoms with Crippen LogP contribution < -0.4 is 10.6 Å². The Balaban J connectivity index is 2.17. The summed E-state index contributed by atoms with van der Waals surface area (Å²) < 4.78 is 39.5. The van der Waals surface area contributed by atoms with Crippen molar-refractivity contribution in [1.29, 1.82) is 0 Å². The average Bonchev–Trinajstić information content (AvgIpc) is 2.85. The topological polar surface area (TPSA) is 59.0 Å². The highest BCUT2D eigenvalue weighted by Gasteiger charge is 2.30. The van der Waals surface area contributed by atoms with Gasteiger partial charge in [0.2, 0.25) is 5.91 Å². The second kappa shape index (κ2) is 6.18. The molecular weight excluding hydrogens is 297 g/mol. The van der Waals surface area contributed by atoms with Gasteiger partial charge in [-0.3, -0.25) is 9.48 Å². The summed E-state index contributed by atoms with van der Waals surface area (Å²) in [6.45, 7) is 0. The summed E-state index contributed by atoms with van der Waals surface area (Å²) >= 11 is 0. The predicted octanol–water partition coefficient (Wildman–Crippen LogP) is 2.34. The van der Waals surface area contributed by atoms with Crippen molar-refractivity contribution in [3.63, 3.8) is 0 Å². The molecule has 0 fully saturated rings. The Bertz CT molecular complexity index is 666. The van der Waals surface area contributed by atoms with Crippen LogP contribution in [-0.4, -0.2) is 22.7 Å². The largest absolute Gasteiger partial charge is 0.416 e. The predicted molar refractivity (Wildman–Crippen MR) is 75.1 cm³/mol. The van der Waals surface area contributed by atoms with E-state index in [1.807, 2.05) is 0 Å². The highest BCUT2D eigenvalue weighted by molar-refractivity contribution is 5.95. The van der Waals surface area contributed by atoms with E-state index >= 15 is 0 Å². The van der Waals surface area contributed by atoms with Crippen molar-refractivity contribution in [3.05, 3.63) is 47.8 Å². The van der Waals surface area contributed by atoms with Crippen LogP contribution in [0, 0.1) is 0 Å². The van der Waals surface area contributed by atoms with E-state index in [0.717, 1.165) is 12.1 Å². The van der Waals surface area contributed by atoms with Crippen LogP contribution in [0.25, 0.3) is 0 Å². The molecule has 0 saturated carbocycles. The van der Waals surface area contributed by atoms with Crippen molar-refractivity contribution in [1.82, 2.24) is 15.1 Å². The summed E-state index contributed by atoms with van der Waals surface area (Å²) in [7, 11) is 3.30. The van der Waals surface area contributed by atoms with Gasteiger partial charge < -0.3 is 10.6 Å². The summed E-state index contributed by atoms with van der Waals surface area (Å²) in [5, 5.41) is 9.25. The highest BCUT2D eigenvalue weighted by Crippen LogP contribution is 2.30. The van der Waals surface area contributed by atoms with E-state index in [4.69, 9.17) is 0 Å². The molecular formula is C14H15F3N4O. The molecule has 0 aliphatic heterocycles. The Morgan fingerprint density at radius 1 is 1.36 bits per heavy atom. The standard InChI is InChI=1S/C14H15F3N4O/c1-18-12(9-7-19-21(2)8-9)13(22)20-11-5-3-4-10(6-11)14(15,16)17/h3-8,12,18H,1-2H3,(H,20,22). The van der Waals surface area contributed by atoms with Crippen LogP contribution in [0.5, 0.6) is 0 Å². The number of nitrogens with zero attached hydrogens (tertiary/aromatic N) is 2. The fourth-order valence-corrected chi connectivity index (χ4v) is 2.03. The number of benzene rings is 1. The molecule has 2 rings (SSSR count). The van der Waals surface area contributed by atoms with Crippen LogP contribution in [0.1, 0.15) is 17.2 Å². The number of nitrogens with one attached hydrogen (secondary N) is 2. The van der Waals surface area contributed by atoms with Crippen molar-refractivity contribution < 1.29 is 18.0 Å². The first-order valence-corrected chi connectivity index (χ1v) is 6.45. The van der Waals surface area contributed by atoms with Gasteiger partial charge in [-0.2, -0.15) is 18.3 Å². The monoisotopic (exact) mass is 312 g/mol. The normalized spacial score (nSPS) is 13.0. The maximum atomic E-state index is 12.7. The SMILES string of the molecule is CNC(C(=O)Nc1cccc(C(F)(F)F)c1)c1cnn(C)c1. The average molecular weight is 312 g/mol. The number of amides is 1. The molecule has 2 aromatic rings. The molecule has 1 heterocycles. The number of carbonyl (C=O) groups excluding carboxylic acids is 1. The number of carbonyl (C=O) groups is 1. The van der Waals surface area contributed by atoms with Gasteiger partial charge in [0.25, 0.3) is 0 Å². The van der Waals surface area contributed by atoms with E-state index < -0.39 is 23.7 Å². The summed E-state index contributed by atoms with van der Waals surface area (Å²) in [4.78, 5) is 12.2. The third kappa shape index (κ3) is 3.64. The van der Waals surface area contributed by atoms with Gasteiger partial charge in [0.15, 0.2) is 0 Å². The number of anilines is 1. The smallest absolute Gasteiger partial charge is 0.324 e. The van der Waals surface area contributed by atoms with Crippen molar-refractivity contribution in [2.75, 3.05) is 12.4 Å². The number of halogens is 3. The molecule has 0 saturated heterocycles. The second-order valence-electron chi connectivity index (χ2n) is 4.74. The van der Waals surface area contributed by atoms with Crippen molar-refractivity contribution >= 4 is 11.6 Å². The Hall–Kier alpha value is -2.35. The summed E-state index contributed by atoms with van der Waals surface area (Å²) in [6.07, 6.45) is -1.27. The van der Waals surface area contributed by atoms with Gasteiger partial charge in [-0.25, -0.2) is 0 Å². The lowest BCUT2D eigenvalue weighted by atomic mass is 10.1. The number of aromatic nitrogens is 2. The first-order chi connectivity index (χ1) is 10.3. The summed E-state index contributed by atoms with van der Waals surface area (Å²) in [6, 6.07) is 3.79. The minimum atomic E-state index is -4.45. The molecule has 0 bridgehead atoms. The van der Waals surface area contributed by atoms with Gasteiger partial charge >= 0.3 is 6.18 Å². The lowest BCUT2D eigenvalue weighted by Gasteiger charge is -2.15. The van der Waals surface area contributed by atoms with Crippen LogP contribution in [-0.2, 0) is 18.0 Å². The number of rotatable bonds is 4. The van der Waals surface area contributed by atoms with Gasteiger partial charge in [0, 0.05) is 24.5 Å². The van der Waals surface area contributed by atoms with E-state index in [-0.39, 0.29) is 5.69 Å². The van der Waals surface area contributed by atoms with Crippen LogP contribution >= 0.6 is 0 Å². The molecule has 0 aliphatic rings. The minimum absolute atomic E-state index is 0.0870. The van der Waals surface area contributed by atoms with Crippen LogP contribution in [0.2, 0.25) is 0 Å². The highest BCUT2D eigenvalue weighted by atomic mass is 19.4. The molecule has 1 aromatic carbocycles. The molecule has 8 heteroatoms. The quantitative estimate of drug-likeness (QED) is 0.911. The second-order valence-corrected chi connectivity index (χ2v) is 4.74. The van der Waals surface area contributed by atoms with Crippen LogP contribution in [0.15, 0.2) is 36.7 Å². The maximum absolute atomic E-state index is 12.7. The van der Waals surface area contributed by atoms with E-state index in [9.17, 15) is 18.0 Å². The molecule has 0 aliphatic carbocycles. The molecule has 1 aromatic heterocycles. The van der Waals surface area contributed by atoms with Crippen LogP contribution in [0.4, 0.5) is 18.9 Å². The Morgan fingerprint density at radius 2 is 2.09 bits per heavy atom. The van der Waals surface area contributed by atoms with E-state index in [0.29, 0.717) is 5.56 Å². The fourth-order valence-electron chi connectivity index (χ4n) is 2.03. The van der Waals surface area contributed by atoms with Crippen molar-refractivity contribution in [3.8, 4) is 0 Å². The number of likely N-dealkylation sites (N-methyl/N-ethyl adjacent to an activating group) is 1. The zero-order chi connectivity index (χ0) is 16.3. The van der Waals surface area contributed by atoms with Crippen LogP contribution in [0.3, 0.4) is 0 Å². The number of aryl methyl sites for hydroxylation is 1. The van der Waals surface area contributed by atoms with Crippen molar-refractivity contribution in [2.24, 2.45) is 7.05 Å². The molecule has 1 unspecified atom stereocenters. The molecule has 1 atom stereocenters. The lowest BCUT2D eigenvalue weighted by Crippen LogP contribution is -2.30. The molecule has 1 amide bonds. The first kappa shape index (κ1) is 16.0. The number of hydrogen-bond acceptors (Lipinski definition) is 3. The fraction of sp³-hybridized carbons (Fsp3) is 0.286. The summed E-state index contributed by atoms with van der Waals surface area (Å²) in [5.74, 6) is -0.463. The Morgan fingerprint density at radius 3 is 2.64 bits per heavy atom. The molecule has 5 nitrogen and oxygen atoms in total. The molecule has 118 valence electrons. The van der Waals surface area contributed by atoms with Gasteiger partial charge in [-0.15, -0.1) is 0 Å². The van der Waals surface area contributed by atoms with E-state index in [1.165, 1.54) is 23.0 Å². The zero-order valence-electron chi connectivity index (χ0n) is 12.0. The lowest BCUT2D eigenvalue weighted by molar-refractivity contribution is -0.137. The zero-order valence-corrected chi connectivity index (χ0v) is 12.0. The first-order valence-electron chi connectivity index (χ1n) is 6.45. The van der Waals surface area contributed by atoms with Gasteiger partial charge in [0.05, 0.1) is 11.8 Å². The third-order valence-electron chi connectivity index (χ3n) is 3.07. The van der Waals surface area contributed by atoms with Gasteiger partial charge in [0.1, 0.15) is 6.04 Å². The Labute approximate surface area is 125 Å². The number of hydrogen-bond donors (Lipinski definition) is 2. The third-order valence-corrected chi connectivity index (χ3v) is 3.07. The van der Waals surface area contributed by atoms with E-state index in [2.05, 4.69) is 15.7 Å². The number of alkyl halides is 3. The van der Waals surface area contributed by atoms with E-state index in [1.54, 1.807) is 20.3 Å². The summed E-state index contributed by atoms with van der Waals surface area (Å²) in [5.41, 5.74) is -0.105. The van der Waals surface area contributed by atoms with Gasteiger partial charge in [-0.05, 0) is 25.2 Å². The molecule has 0 spiro atoms.